The highest BCUT2D eigenvalue weighted by atomic mass is 32.9. The van der Waals surface area contributed by atoms with Crippen molar-refractivity contribution in [2.45, 2.75) is 19.4 Å². The Morgan fingerprint density at radius 2 is 1.88 bits per heavy atom. The Balaban J connectivity index is 1.72. The lowest BCUT2D eigenvalue weighted by atomic mass is 9.90. The average Bonchev–Trinajstić information content (AvgIpc) is 3.22. The van der Waals surface area contributed by atoms with Crippen molar-refractivity contribution >= 4 is 32.1 Å². The maximum Gasteiger partial charge on any atom is 0.231 e. The van der Waals surface area contributed by atoms with Crippen molar-refractivity contribution < 1.29 is 9.47 Å². The Morgan fingerprint density at radius 3 is 2.80 bits per heavy atom. The second-order valence-electron chi connectivity index (χ2n) is 6.62. The number of hydrogen-bond acceptors (Lipinski definition) is 6. The van der Waals surface area contributed by atoms with Crippen LogP contribution in [0.1, 0.15) is 18.7 Å². The highest BCUT2D eigenvalue weighted by Gasteiger charge is 2.33. The third-order valence-corrected chi connectivity index (χ3v) is 7.08. The van der Waals surface area contributed by atoms with E-state index in [0.717, 1.165) is 27.5 Å². The molecule has 4 nitrogen and oxygen atoms in total. The Labute approximate surface area is 152 Å². The lowest BCUT2D eigenvalue weighted by molar-refractivity contribution is 0.174. The molecule has 0 radical (unpaired) electrons. The summed E-state index contributed by atoms with van der Waals surface area (Å²) in [6.07, 6.45) is 0. The molecule has 1 N–H and O–H groups in total. The summed E-state index contributed by atoms with van der Waals surface area (Å²) in [5.74, 6) is 1.54. The van der Waals surface area contributed by atoms with Crippen LogP contribution in [0.2, 0.25) is 0 Å². The van der Waals surface area contributed by atoms with Crippen molar-refractivity contribution in [3.05, 3.63) is 52.0 Å². The Bertz CT molecular complexity index is 1050. The van der Waals surface area contributed by atoms with Crippen molar-refractivity contribution in [1.29, 1.82) is 0 Å². The molecule has 0 fully saturated rings. The molecule has 1 aromatic heterocycles. The molecule has 25 heavy (non-hydrogen) atoms. The largest absolute Gasteiger partial charge is 0.454 e. The fraction of sp³-hybridized carbons (Fsp3) is 0.211. The van der Waals surface area contributed by atoms with E-state index in [2.05, 4.69) is 43.4 Å². The molecule has 0 amide bonds. The minimum Gasteiger partial charge on any atom is -0.454 e. The van der Waals surface area contributed by atoms with E-state index in [4.69, 9.17) is 14.5 Å². The molecule has 3 aromatic rings. The molecule has 2 aromatic carbocycles. The van der Waals surface area contributed by atoms with Gasteiger partial charge >= 0.3 is 0 Å². The second kappa shape index (κ2) is 5.34. The van der Waals surface area contributed by atoms with Crippen LogP contribution in [0.25, 0.3) is 11.1 Å². The normalized spacial score (nSPS) is 17.0. The van der Waals surface area contributed by atoms with Crippen molar-refractivity contribution in [3.8, 4) is 22.6 Å². The number of rotatable bonds is 1. The van der Waals surface area contributed by atoms with Gasteiger partial charge in [0, 0.05) is 22.9 Å². The van der Waals surface area contributed by atoms with E-state index in [1.807, 2.05) is 18.2 Å². The molecule has 126 valence electrons. The maximum atomic E-state index is 5.47. The third kappa shape index (κ3) is 2.36. The first-order valence-electron chi connectivity index (χ1n) is 8.07. The Hall–Kier alpha value is -2.31. The van der Waals surface area contributed by atoms with Crippen molar-refractivity contribution in [2.75, 3.05) is 12.1 Å². The predicted octanol–water partition coefficient (Wildman–Crippen LogP) is 5.10. The number of fused-ring (bicyclic) bond motifs is 4. The van der Waals surface area contributed by atoms with Crippen LogP contribution >= 0.6 is 20.7 Å². The fourth-order valence-corrected chi connectivity index (χ4v) is 6.20. The van der Waals surface area contributed by atoms with Gasteiger partial charge < -0.3 is 14.8 Å². The topological polar surface area (TPSA) is 42.9 Å². The van der Waals surface area contributed by atoms with Crippen LogP contribution in [0.5, 0.6) is 11.5 Å². The van der Waals surface area contributed by atoms with Crippen LogP contribution in [-0.4, -0.2) is 6.79 Å². The van der Waals surface area contributed by atoms with Crippen LogP contribution in [0.4, 0.5) is 11.4 Å². The van der Waals surface area contributed by atoms with Crippen molar-refractivity contribution in [2.24, 2.45) is 4.99 Å². The zero-order chi connectivity index (χ0) is 17.0. The summed E-state index contributed by atoms with van der Waals surface area (Å²) >= 11 is 0. The second-order valence-corrected chi connectivity index (χ2v) is 8.75. The highest BCUT2D eigenvalue weighted by Crippen LogP contribution is 2.45. The molecule has 0 saturated heterocycles. The summed E-state index contributed by atoms with van der Waals surface area (Å²) in [6, 6.07) is 14.3. The van der Waals surface area contributed by atoms with Crippen LogP contribution in [-0.2, 0) is 5.54 Å². The number of nitrogens with zero attached hydrogens (tertiary/aromatic N) is 1. The quantitative estimate of drug-likeness (QED) is 0.608. The predicted molar refractivity (Wildman–Crippen MR) is 102 cm³/mol. The van der Waals surface area contributed by atoms with Gasteiger partial charge in [0.2, 0.25) is 6.79 Å². The zero-order valence-electron chi connectivity index (χ0n) is 13.8. The standard InChI is InChI=1S/C19H16N2O2S2/c1-19(2)17-16(12-5-3-4-6-13(12)21-19)18(25-24-17)20-11-7-8-14-15(9-11)23-10-22-14/h3-9,21H,10H2,1-2H3. The number of hydrogen-bond donors (Lipinski definition) is 1. The fourth-order valence-electron chi connectivity index (χ4n) is 3.27. The molecule has 0 saturated carbocycles. The summed E-state index contributed by atoms with van der Waals surface area (Å²) in [6.45, 7) is 4.72. The van der Waals surface area contributed by atoms with E-state index in [1.54, 1.807) is 20.7 Å². The minimum absolute atomic E-state index is 0.104. The molecular formula is C19H16N2O2S2. The SMILES string of the molecule is CC1(C)Nc2ccccc2-c2c1ssc2=Nc1ccc2c(c1)OCO2. The molecule has 5 rings (SSSR count). The molecule has 0 aliphatic carbocycles. The van der Waals surface area contributed by atoms with Gasteiger partial charge in [0.05, 0.1) is 16.1 Å². The molecule has 0 atom stereocenters. The van der Waals surface area contributed by atoms with Crippen LogP contribution in [0, 0.1) is 0 Å². The molecule has 6 heteroatoms. The van der Waals surface area contributed by atoms with Crippen molar-refractivity contribution in [1.82, 2.24) is 0 Å². The van der Waals surface area contributed by atoms with Crippen LogP contribution in [0.15, 0.2) is 47.5 Å². The van der Waals surface area contributed by atoms with Gasteiger partial charge in [-0.05, 0) is 32.0 Å². The summed E-state index contributed by atoms with van der Waals surface area (Å²) in [5.41, 5.74) is 4.40. The number of benzene rings is 2. The molecule has 0 spiro atoms. The van der Waals surface area contributed by atoms with Gasteiger partial charge in [-0.3, -0.25) is 0 Å². The van der Waals surface area contributed by atoms with E-state index in [0.29, 0.717) is 0 Å². The number of ether oxygens (including phenoxy) is 2. The lowest BCUT2D eigenvalue weighted by Gasteiger charge is -2.33. The van der Waals surface area contributed by atoms with Gasteiger partial charge in [0.25, 0.3) is 0 Å². The van der Waals surface area contributed by atoms with Crippen molar-refractivity contribution in [3.63, 3.8) is 0 Å². The van der Waals surface area contributed by atoms with Gasteiger partial charge in [0.1, 0.15) is 4.67 Å². The molecule has 2 aliphatic rings. The van der Waals surface area contributed by atoms with Gasteiger partial charge in [-0.25, -0.2) is 4.99 Å². The van der Waals surface area contributed by atoms with Crippen LogP contribution < -0.4 is 19.5 Å². The summed E-state index contributed by atoms with van der Waals surface area (Å²) in [4.78, 5) is 6.25. The van der Waals surface area contributed by atoms with E-state index >= 15 is 0 Å². The van der Waals surface area contributed by atoms with Gasteiger partial charge in [-0.15, -0.1) is 0 Å². The number of nitrogens with one attached hydrogen (secondary N) is 1. The number of anilines is 1. The first-order chi connectivity index (χ1) is 12.1. The summed E-state index contributed by atoms with van der Waals surface area (Å²) in [5, 5.41) is 3.64. The Morgan fingerprint density at radius 1 is 1.04 bits per heavy atom. The molecule has 0 unspecified atom stereocenters. The first kappa shape index (κ1) is 15.0. The minimum atomic E-state index is -0.104. The van der Waals surface area contributed by atoms with Gasteiger partial charge in [0.15, 0.2) is 11.5 Å². The van der Waals surface area contributed by atoms with Gasteiger partial charge in [-0.2, -0.15) is 0 Å². The Kier molecular flexibility index (Phi) is 3.20. The lowest BCUT2D eigenvalue weighted by Crippen LogP contribution is -2.31. The molecule has 2 aliphatic heterocycles. The van der Waals surface area contributed by atoms with E-state index in [-0.39, 0.29) is 12.3 Å². The number of para-hydroxylation sites is 1. The zero-order valence-corrected chi connectivity index (χ0v) is 15.5. The smallest absolute Gasteiger partial charge is 0.231 e. The first-order valence-corrected chi connectivity index (χ1v) is 10.2. The van der Waals surface area contributed by atoms with Gasteiger partial charge in [-0.1, -0.05) is 38.9 Å². The van der Waals surface area contributed by atoms with Crippen LogP contribution in [0.3, 0.4) is 0 Å². The van der Waals surface area contributed by atoms with E-state index < -0.39 is 0 Å². The van der Waals surface area contributed by atoms with E-state index in [9.17, 15) is 0 Å². The van der Waals surface area contributed by atoms with E-state index in [1.165, 1.54) is 16.0 Å². The summed E-state index contributed by atoms with van der Waals surface area (Å²) < 4.78 is 11.9. The molecule has 0 bridgehead atoms. The monoisotopic (exact) mass is 368 g/mol. The summed E-state index contributed by atoms with van der Waals surface area (Å²) in [7, 11) is 3.52. The third-order valence-electron chi connectivity index (χ3n) is 4.44. The molecular weight excluding hydrogens is 352 g/mol. The molecule has 3 heterocycles. The average molecular weight is 368 g/mol. The maximum absolute atomic E-state index is 5.47. The highest BCUT2D eigenvalue weighted by molar-refractivity contribution is 7.68.